The van der Waals surface area contributed by atoms with Gasteiger partial charge in [-0.1, -0.05) is 23.7 Å². The van der Waals surface area contributed by atoms with Gasteiger partial charge in [-0.3, -0.25) is 0 Å². The molecule has 0 radical (unpaired) electrons. The Bertz CT molecular complexity index is 402. The Labute approximate surface area is 112 Å². The Morgan fingerprint density at radius 1 is 1.44 bits per heavy atom. The van der Waals surface area contributed by atoms with Crippen LogP contribution in [0.1, 0.15) is 24.9 Å². The van der Waals surface area contributed by atoms with E-state index in [0.717, 1.165) is 18.6 Å². The molecule has 0 saturated carbocycles. The predicted molar refractivity (Wildman–Crippen MR) is 70.8 cm³/mol. The Kier molecular flexibility index (Phi) is 4.44. The van der Waals surface area contributed by atoms with E-state index < -0.39 is 0 Å². The molecule has 1 aromatic rings. The van der Waals surface area contributed by atoms with Crippen molar-refractivity contribution >= 4 is 17.6 Å². The molecule has 0 bridgehead atoms. The Balaban J connectivity index is 1.84. The van der Waals surface area contributed by atoms with E-state index in [4.69, 9.17) is 16.3 Å². The van der Waals surface area contributed by atoms with Gasteiger partial charge in [-0.05, 0) is 31.0 Å². The van der Waals surface area contributed by atoms with Crippen molar-refractivity contribution in [3.05, 3.63) is 34.9 Å². The minimum atomic E-state index is -0.159. The summed E-state index contributed by atoms with van der Waals surface area (Å²) in [6.45, 7) is 3.26. The number of hydrogen-bond acceptors (Lipinski definition) is 2. The third kappa shape index (κ3) is 3.62. The van der Waals surface area contributed by atoms with Crippen molar-refractivity contribution in [2.45, 2.75) is 25.4 Å². The lowest BCUT2D eigenvalue weighted by Gasteiger charge is -2.17. The lowest BCUT2D eigenvalue weighted by atomic mass is 10.1. The number of carbonyl (C=O) groups is 1. The fourth-order valence-electron chi connectivity index (χ4n) is 1.91. The van der Waals surface area contributed by atoms with E-state index in [1.165, 1.54) is 0 Å². The molecule has 18 heavy (non-hydrogen) atoms. The molecule has 2 unspecified atom stereocenters. The van der Waals surface area contributed by atoms with Crippen LogP contribution >= 0.6 is 11.6 Å². The standard InChI is InChI=1S/C13H17ClN2O2/c1-9(10-2-4-11(14)5-3-10)15-13(17)16-12-6-7-18-8-12/h2-5,9,12H,6-8H2,1H3,(H2,15,16,17). The van der Waals surface area contributed by atoms with E-state index in [0.29, 0.717) is 11.6 Å². The van der Waals surface area contributed by atoms with Crippen LogP contribution in [0.4, 0.5) is 4.79 Å². The summed E-state index contributed by atoms with van der Waals surface area (Å²) in [5.74, 6) is 0. The molecule has 1 aromatic carbocycles. The molecular weight excluding hydrogens is 252 g/mol. The van der Waals surface area contributed by atoms with E-state index in [-0.39, 0.29) is 18.1 Å². The minimum absolute atomic E-state index is 0.0513. The highest BCUT2D eigenvalue weighted by Crippen LogP contribution is 2.15. The third-order valence-electron chi connectivity index (χ3n) is 2.98. The molecule has 4 nitrogen and oxygen atoms in total. The summed E-state index contributed by atoms with van der Waals surface area (Å²) in [6, 6.07) is 7.37. The number of amides is 2. The molecule has 2 atom stereocenters. The number of halogens is 1. The van der Waals surface area contributed by atoms with E-state index in [1.54, 1.807) is 0 Å². The van der Waals surface area contributed by atoms with Crippen molar-refractivity contribution in [1.82, 2.24) is 10.6 Å². The highest BCUT2D eigenvalue weighted by molar-refractivity contribution is 6.30. The van der Waals surface area contributed by atoms with Gasteiger partial charge in [-0.15, -0.1) is 0 Å². The van der Waals surface area contributed by atoms with Gasteiger partial charge in [-0.25, -0.2) is 4.79 Å². The number of rotatable bonds is 3. The maximum atomic E-state index is 11.7. The van der Waals surface area contributed by atoms with E-state index in [2.05, 4.69) is 10.6 Å². The largest absolute Gasteiger partial charge is 0.379 e. The summed E-state index contributed by atoms with van der Waals surface area (Å²) in [4.78, 5) is 11.7. The number of benzene rings is 1. The molecule has 98 valence electrons. The van der Waals surface area contributed by atoms with Crippen molar-refractivity contribution in [2.75, 3.05) is 13.2 Å². The van der Waals surface area contributed by atoms with Crippen LogP contribution in [0.2, 0.25) is 5.02 Å². The fraction of sp³-hybridized carbons (Fsp3) is 0.462. The number of ether oxygens (including phenoxy) is 1. The second-order valence-electron chi connectivity index (χ2n) is 4.45. The van der Waals surface area contributed by atoms with Gasteiger partial charge in [0.1, 0.15) is 0 Å². The van der Waals surface area contributed by atoms with Gasteiger partial charge in [0, 0.05) is 11.6 Å². The number of hydrogen-bond donors (Lipinski definition) is 2. The highest BCUT2D eigenvalue weighted by atomic mass is 35.5. The van der Waals surface area contributed by atoms with E-state index in [9.17, 15) is 4.79 Å². The van der Waals surface area contributed by atoms with Crippen LogP contribution in [0.5, 0.6) is 0 Å². The molecule has 0 aliphatic carbocycles. The first kappa shape index (κ1) is 13.2. The minimum Gasteiger partial charge on any atom is -0.379 e. The van der Waals surface area contributed by atoms with Crippen LogP contribution < -0.4 is 10.6 Å². The van der Waals surface area contributed by atoms with Crippen molar-refractivity contribution in [3.63, 3.8) is 0 Å². The Morgan fingerprint density at radius 2 is 2.17 bits per heavy atom. The zero-order valence-corrected chi connectivity index (χ0v) is 11.0. The van der Waals surface area contributed by atoms with Crippen LogP contribution in [0.25, 0.3) is 0 Å². The third-order valence-corrected chi connectivity index (χ3v) is 3.23. The number of nitrogens with one attached hydrogen (secondary N) is 2. The summed E-state index contributed by atoms with van der Waals surface area (Å²) in [5.41, 5.74) is 1.03. The monoisotopic (exact) mass is 268 g/mol. The van der Waals surface area contributed by atoms with Crippen molar-refractivity contribution in [2.24, 2.45) is 0 Å². The van der Waals surface area contributed by atoms with Gasteiger partial charge in [0.05, 0.1) is 18.7 Å². The Hall–Kier alpha value is -1.26. The van der Waals surface area contributed by atoms with Crippen LogP contribution in [0.15, 0.2) is 24.3 Å². The maximum absolute atomic E-state index is 11.7. The summed E-state index contributed by atoms with van der Waals surface area (Å²) >= 11 is 5.82. The summed E-state index contributed by atoms with van der Waals surface area (Å²) in [7, 11) is 0. The van der Waals surface area contributed by atoms with Gasteiger partial charge in [-0.2, -0.15) is 0 Å². The summed E-state index contributed by atoms with van der Waals surface area (Å²) < 4.78 is 5.20. The fourth-order valence-corrected chi connectivity index (χ4v) is 2.03. The summed E-state index contributed by atoms with van der Waals surface area (Å²) in [5, 5.41) is 6.48. The van der Waals surface area contributed by atoms with Crippen LogP contribution in [0.3, 0.4) is 0 Å². The van der Waals surface area contributed by atoms with Crippen molar-refractivity contribution < 1.29 is 9.53 Å². The molecule has 2 rings (SSSR count). The second-order valence-corrected chi connectivity index (χ2v) is 4.89. The second kappa shape index (κ2) is 6.07. The summed E-state index contributed by atoms with van der Waals surface area (Å²) in [6.07, 6.45) is 0.878. The topological polar surface area (TPSA) is 50.4 Å². The first-order valence-electron chi connectivity index (χ1n) is 6.05. The normalized spacial score (nSPS) is 20.4. The Morgan fingerprint density at radius 3 is 2.78 bits per heavy atom. The van der Waals surface area contributed by atoms with Crippen LogP contribution in [0, 0.1) is 0 Å². The van der Waals surface area contributed by atoms with Crippen LogP contribution in [-0.4, -0.2) is 25.3 Å². The van der Waals surface area contributed by atoms with Gasteiger partial charge in [0.15, 0.2) is 0 Å². The molecule has 0 spiro atoms. The van der Waals surface area contributed by atoms with E-state index >= 15 is 0 Å². The predicted octanol–water partition coefficient (Wildman–Crippen LogP) is 2.49. The first-order chi connectivity index (χ1) is 8.65. The molecule has 1 fully saturated rings. The molecular formula is C13H17ClN2O2. The average Bonchev–Trinajstić information content (AvgIpc) is 2.82. The zero-order chi connectivity index (χ0) is 13.0. The lowest BCUT2D eigenvalue weighted by Crippen LogP contribution is -2.43. The van der Waals surface area contributed by atoms with Gasteiger partial charge in [0.2, 0.25) is 0 Å². The molecule has 5 heteroatoms. The van der Waals surface area contributed by atoms with E-state index in [1.807, 2.05) is 31.2 Å². The highest BCUT2D eigenvalue weighted by Gasteiger charge is 2.18. The smallest absolute Gasteiger partial charge is 0.315 e. The van der Waals surface area contributed by atoms with Crippen LogP contribution in [-0.2, 0) is 4.74 Å². The molecule has 2 N–H and O–H groups in total. The quantitative estimate of drug-likeness (QED) is 0.885. The van der Waals surface area contributed by atoms with Crippen molar-refractivity contribution in [1.29, 1.82) is 0 Å². The van der Waals surface area contributed by atoms with Gasteiger partial charge < -0.3 is 15.4 Å². The molecule has 1 saturated heterocycles. The molecule has 0 aromatic heterocycles. The molecule has 1 heterocycles. The van der Waals surface area contributed by atoms with Gasteiger partial charge in [0.25, 0.3) is 0 Å². The number of carbonyl (C=O) groups excluding carboxylic acids is 1. The molecule has 1 aliphatic rings. The van der Waals surface area contributed by atoms with Gasteiger partial charge >= 0.3 is 6.03 Å². The number of urea groups is 1. The lowest BCUT2D eigenvalue weighted by molar-refractivity contribution is 0.188. The molecule has 1 aliphatic heterocycles. The average molecular weight is 269 g/mol. The SMILES string of the molecule is CC(NC(=O)NC1CCOC1)c1ccc(Cl)cc1. The first-order valence-corrected chi connectivity index (χ1v) is 6.43. The zero-order valence-electron chi connectivity index (χ0n) is 10.3. The maximum Gasteiger partial charge on any atom is 0.315 e. The van der Waals surface area contributed by atoms with Crippen molar-refractivity contribution in [3.8, 4) is 0 Å². The molecule has 2 amide bonds.